The second-order valence-electron chi connectivity index (χ2n) is 6.98. The Balaban J connectivity index is 0.00000480. The number of amides is 1. The number of carbonyl (C=O) groups is 1. The third kappa shape index (κ3) is 10.5. The van der Waals surface area contributed by atoms with E-state index < -0.39 is 0 Å². The first kappa shape index (κ1) is 27.4. The van der Waals surface area contributed by atoms with Gasteiger partial charge in [-0.1, -0.05) is 0 Å². The summed E-state index contributed by atoms with van der Waals surface area (Å²) in [5.74, 6) is 0.573. The van der Waals surface area contributed by atoms with Crippen LogP contribution in [0.25, 0.3) is 0 Å². The molecule has 0 spiro atoms. The Morgan fingerprint density at radius 2 is 1.74 bits per heavy atom. The molecule has 1 aromatic carbocycles. The molecule has 0 aliphatic carbocycles. The van der Waals surface area contributed by atoms with Gasteiger partial charge in [-0.25, -0.2) is 4.39 Å². The van der Waals surface area contributed by atoms with Crippen LogP contribution in [-0.2, 0) is 14.3 Å². The lowest BCUT2D eigenvalue weighted by molar-refractivity contribution is -0.131. The Morgan fingerprint density at radius 3 is 2.39 bits per heavy atom. The summed E-state index contributed by atoms with van der Waals surface area (Å²) in [5, 5.41) is 6.39. The molecule has 0 unspecified atom stereocenters. The van der Waals surface area contributed by atoms with E-state index in [-0.39, 0.29) is 35.7 Å². The number of ether oxygens (including phenoxy) is 2. The lowest BCUT2D eigenvalue weighted by atomic mass is 10.2. The number of halogens is 2. The third-order valence-corrected chi connectivity index (χ3v) is 4.87. The summed E-state index contributed by atoms with van der Waals surface area (Å²) in [4.78, 5) is 20.7. The average Bonchev–Trinajstić information content (AvgIpc) is 2.77. The van der Waals surface area contributed by atoms with Crippen LogP contribution in [0, 0.1) is 5.82 Å². The Bertz CT molecular complexity index is 655. The van der Waals surface area contributed by atoms with Gasteiger partial charge >= 0.3 is 0 Å². The molecule has 0 radical (unpaired) electrons. The molecular formula is C21H35FIN5O3. The molecule has 1 heterocycles. The number of nitrogens with one attached hydrogen (secondary N) is 2. The quantitative estimate of drug-likeness (QED) is 0.189. The average molecular weight is 551 g/mol. The topological polar surface area (TPSA) is 78.4 Å². The van der Waals surface area contributed by atoms with Crippen LogP contribution < -0.4 is 15.5 Å². The van der Waals surface area contributed by atoms with Crippen LogP contribution in [0.1, 0.15) is 12.8 Å². The molecule has 0 aromatic heterocycles. The minimum Gasteiger partial charge on any atom is -0.382 e. The highest BCUT2D eigenvalue weighted by atomic mass is 127. The van der Waals surface area contributed by atoms with E-state index in [1.807, 2.05) is 4.90 Å². The van der Waals surface area contributed by atoms with Crippen molar-refractivity contribution in [1.29, 1.82) is 0 Å². The highest BCUT2D eigenvalue weighted by Crippen LogP contribution is 2.17. The van der Waals surface area contributed by atoms with Crippen molar-refractivity contribution in [2.45, 2.75) is 12.8 Å². The first-order valence-corrected chi connectivity index (χ1v) is 10.4. The zero-order chi connectivity index (χ0) is 21.6. The molecular weight excluding hydrogens is 516 g/mol. The van der Waals surface area contributed by atoms with Crippen molar-refractivity contribution >= 4 is 41.5 Å². The molecule has 1 aromatic rings. The SMILES string of the molecule is CN=C(NCCCOCCOC)NCCC(=O)N1CCN(c2ccc(F)cc2)CC1.I. The maximum Gasteiger partial charge on any atom is 0.224 e. The van der Waals surface area contributed by atoms with Crippen molar-refractivity contribution in [3.05, 3.63) is 30.1 Å². The Kier molecular flexibility index (Phi) is 14.2. The molecule has 0 bridgehead atoms. The Labute approximate surface area is 201 Å². The Morgan fingerprint density at radius 1 is 1.06 bits per heavy atom. The van der Waals surface area contributed by atoms with Crippen LogP contribution in [0.15, 0.2) is 29.3 Å². The first-order valence-electron chi connectivity index (χ1n) is 10.4. The van der Waals surface area contributed by atoms with Crippen LogP contribution in [0.5, 0.6) is 0 Å². The molecule has 1 aliphatic rings. The highest BCUT2D eigenvalue weighted by molar-refractivity contribution is 14.0. The number of anilines is 1. The van der Waals surface area contributed by atoms with Gasteiger partial charge in [0.15, 0.2) is 5.96 Å². The van der Waals surface area contributed by atoms with Crippen molar-refractivity contribution in [2.24, 2.45) is 4.99 Å². The fourth-order valence-electron chi connectivity index (χ4n) is 3.16. The predicted octanol–water partition coefficient (Wildman–Crippen LogP) is 1.70. The number of aliphatic imine (C=N–C) groups is 1. The lowest BCUT2D eigenvalue weighted by Gasteiger charge is -2.36. The summed E-state index contributed by atoms with van der Waals surface area (Å²) in [6.45, 7) is 5.98. The minimum atomic E-state index is -0.236. The monoisotopic (exact) mass is 551 g/mol. The van der Waals surface area contributed by atoms with Gasteiger partial charge in [-0.3, -0.25) is 9.79 Å². The Hall–Kier alpha value is -1.66. The van der Waals surface area contributed by atoms with Crippen LogP contribution in [-0.4, -0.2) is 90.0 Å². The van der Waals surface area contributed by atoms with E-state index in [1.54, 1.807) is 26.3 Å². The normalized spacial score (nSPS) is 14.2. The van der Waals surface area contributed by atoms with Gasteiger partial charge in [0.25, 0.3) is 0 Å². The predicted molar refractivity (Wildman–Crippen MR) is 132 cm³/mol. The summed E-state index contributed by atoms with van der Waals surface area (Å²) >= 11 is 0. The second kappa shape index (κ2) is 16.0. The zero-order valence-electron chi connectivity index (χ0n) is 18.4. The van der Waals surface area contributed by atoms with Crippen molar-refractivity contribution in [3.8, 4) is 0 Å². The van der Waals surface area contributed by atoms with Crippen molar-refractivity contribution in [3.63, 3.8) is 0 Å². The summed E-state index contributed by atoms with van der Waals surface area (Å²) < 4.78 is 23.4. The molecule has 176 valence electrons. The number of methoxy groups -OCH3 is 1. The number of hydrogen-bond acceptors (Lipinski definition) is 5. The van der Waals surface area contributed by atoms with Gasteiger partial charge in [-0.2, -0.15) is 0 Å². The van der Waals surface area contributed by atoms with Gasteiger partial charge in [-0.05, 0) is 30.7 Å². The molecule has 10 heteroatoms. The summed E-state index contributed by atoms with van der Waals surface area (Å²) in [6, 6.07) is 6.49. The van der Waals surface area contributed by atoms with Gasteiger partial charge in [0.2, 0.25) is 5.91 Å². The molecule has 0 saturated carbocycles. The molecule has 1 aliphatic heterocycles. The van der Waals surface area contributed by atoms with Crippen molar-refractivity contribution < 1.29 is 18.7 Å². The van der Waals surface area contributed by atoms with Crippen LogP contribution >= 0.6 is 24.0 Å². The van der Waals surface area contributed by atoms with Crippen LogP contribution in [0.4, 0.5) is 10.1 Å². The first-order chi connectivity index (χ1) is 14.6. The molecule has 2 rings (SSSR count). The van der Waals surface area contributed by atoms with E-state index in [0.29, 0.717) is 51.8 Å². The molecule has 8 nitrogen and oxygen atoms in total. The second-order valence-corrected chi connectivity index (χ2v) is 6.98. The fourth-order valence-corrected chi connectivity index (χ4v) is 3.16. The molecule has 31 heavy (non-hydrogen) atoms. The van der Waals surface area contributed by atoms with Crippen molar-refractivity contribution in [2.75, 3.05) is 78.1 Å². The van der Waals surface area contributed by atoms with Gasteiger partial charge in [0, 0.05) is 72.1 Å². The number of benzene rings is 1. The van der Waals surface area contributed by atoms with E-state index >= 15 is 0 Å². The zero-order valence-corrected chi connectivity index (χ0v) is 20.8. The smallest absolute Gasteiger partial charge is 0.224 e. The van der Waals surface area contributed by atoms with E-state index in [0.717, 1.165) is 31.7 Å². The van der Waals surface area contributed by atoms with E-state index in [4.69, 9.17) is 9.47 Å². The fraction of sp³-hybridized carbons (Fsp3) is 0.619. The minimum absolute atomic E-state index is 0. The maximum absolute atomic E-state index is 13.1. The number of carbonyl (C=O) groups excluding carboxylic acids is 1. The van der Waals surface area contributed by atoms with Gasteiger partial charge < -0.3 is 29.9 Å². The number of hydrogen-bond donors (Lipinski definition) is 2. The number of rotatable bonds is 11. The van der Waals surface area contributed by atoms with E-state index in [2.05, 4.69) is 20.5 Å². The molecule has 1 amide bonds. The summed E-state index contributed by atoms with van der Waals surface area (Å²) in [7, 11) is 3.36. The van der Waals surface area contributed by atoms with Gasteiger partial charge in [0.1, 0.15) is 5.82 Å². The molecule has 0 atom stereocenters. The molecule has 2 N–H and O–H groups in total. The number of piperazine rings is 1. The molecule has 1 saturated heterocycles. The van der Waals surface area contributed by atoms with Crippen LogP contribution in [0.2, 0.25) is 0 Å². The summed E-state index contributed by atoms with van der Waals surface area (Å²) in [6.07, 6.45) is 1.28. The van der Waals surface area contributed by atoms with Crippen LogP contribution in [0.3, 0.4) is 0 Å². The lowest BCUT2D eigenvalue weighted by Crippen LogP contribution is -2.49. The summed E-state index contributed by atoms with van der Waals surface area (Å²) in [5.41, 5.74) is 0.990. The molecule has 1 fully saturated rings. The number of guanidine groups is 1. The van der Waals surface area contributed by atoms with E-state index in [9.17, 15) is 9.18 Å². The van der Waals surface area contributed by atoms with Gasteiger partial charge in [-0.15, -0.1) is 24.0 Å². The number of nitrogens with zero attached hydrogens (tertiary/aromatic N) is 3. The van der Waals surface area contributed by atoms with Crippen molar-refractivity contribution in [1.82, 2.24) is 15.5 Å². The van der Waals surface area contributed by atoms with Gasteiger partial charge in [0.05, 0.1) is 13.2 Å². The standard InChI is InChI=1S/C21H34FN5O3.HI/c1-23-21(24-9-3-15-30-17-16-29-2)25-10-8-20(28)27-13-11-26(12-14-27)19-6-4-18(22)5-7-19;/h4-7H,3,8-17H2,1-2H3,(H2,23,24,25);1H. The highest BCUT2D eigenvalue weighted by Gasteiger charge is 2.21. The largest absolute Gasteiger partial charge is 0.382 e. The third-order valence-electron chi connectivity index (χ3n) is 4.87. The van der Waals surface area contributed by atoms with E-state index in [1.165, 1.54) is 12.1 Å². The maximum atomic E-state index is 13.1.